The lowest BCUT2D eigenvalue weighted by Gasteiger charge is -2.27. The van der Waals surface area contributed by atoms with Gasteiger partial charge in [-0.15, -0.1) is 0 Å². The SMILES string of the molecule is CC(C)c1ccccc1N(CCC(=O)NC(C)(C)C)S(C)(=O)=O. The molecule has 23 heavy (non-hydrogen) atoms. The molecule has 0 saturated carbocycles. The lowest BCUT2D eigenvalue weighted by molar-refractivity contribution is -0.122. The number of amides is 1. The van der Waals surface area contributed by atoms with Gasteiger partial charge in [-0.2, -0.15) is 0 Å². The first-order valence-corrected chi connectivity index (χ1v) is 9.64. The Hall–Kier alpha value is -1.56. The van der Waals surface area contributed by atoms with Crippen molar-refractivity contribution < 1.29 is 13.2 Å². The van der Waals surface area contributed by atoms with E-state index in [1.807, 2.05) is 52.8 Å². The van der Waals surface area contributed by atoms with Crippen LogP contribution in [0.15, 0.2) is 24.3 Å². The minimum atomic E-state index is -3.46. The van der Waals surface area contributed by atoms with E-state index in [4.69, 9.17) is 0 Å². The normalized spacial score (nSPS) is 12.3. The second-order valence-electron chi connectivity index (χ2n) is 7.10. The van der Waals surface area contributed by atoms with Gasteiger partial charge in [0.25, 0.3) is 0 Å². The van der Waals surface area contributed by atoms with Gasteiger partial charge in [0, 0.05) is 18.5 Å². The van der Waals surface area contributed by atoms with Crippen molar-refractivity contribution in [2.24, 2.45) is 0 Å². The summed E-state index contributed by atoms with van der Waals surface area (Å²) in [6, 6.07) is 7.42. The second kappa shape index (κ2) is 7.34. The Labute approximate surface area is 140 Å². The summed E-state index contributed by atoms with van der Waals surface area (Å²) in [5.74, 6) is 0.0343. The number of anilines is 1. The highest BCUT2D eigenvalue weighted by Crippen LogP contribution is 2.29. The fourth-order valence-electron chi connectivity index (χ4n) is 2.35. The number of para-hydroxylation sites is 1. The van der Waals surface area contributed by atoms with E-state index < -0.39 is 10.0 Å². The summed E-state index contributed by atoms with van der Waals surface area (Å²) in [5.41, 5.74) is 1.27. The average molecular weight is 340 g/mol. The van der Waals surface area contributed by atoms with Crippen LogP contribution in [0, 0.1) is 0 Å². The molecular formula is C17H28N2O3S. The van der Waals surface area contributed by atoms with Gasteiger partial charge in [-0.3, -0.25) is 9.10 Å². The zero-order valence-electron chi connectivity index (χ0n) is 14.9. The maximum atomic E-state index is 12.2. The Balaban J connectivity index is 3.03. The molecule has 0 radical (unpaired) electrons. The molecule has 0 saturated heterocycles. The van der Waals surface area contributed by atoms with Gasteiger partial charge in [0.15, 0.2) is 0 Å². The number of hydrogen-bond acceptors (Lipinski definition) is 3. The molecule has 0 aliphatic heterocycles. The molecule has 0 spiro atoms. The Morgan fingerprint density at radius 1 is 1.22 bits per heavy atom. The predicted molar refractivity (Wildman–Crippen MR) is 95.2 cm³/mol. The molecule has 1 aromatic rings. The second-order valence-corrected chi connectivity index (χ2v) is 9.00. The fraction of sp³-hybridized carbons (Fsp3) is 0.588. The first-order chi connectivity index (χ1) is 10.4. The van der Waals surface area contributed by atoms with Crippen molar-refractivity contribution in [2.75, 3.05) is 17.1 Å². The van der Waals surface area contributed by atoms with Crippen LogP contribution in [0.1, 0.15) is 52.5 Å². The Morgan fingerprint density at radius 3 is 2.26 bits per heavy atom. The molecule has 1 amide bonds. The molecule has 0 unspecified atom stereocenters. The number of carbonyl (C=O) groups excluding carboxylic acids is 1. The van der Waals surface area contributed by atoms with Crippen molar-refractivity contribution in [3.63, 3.8) is 0 Å². The molecule has 0 aliphatic rings. The van der Waals surface area contributed by atoms with Crippen molar-refractivity contribution in [1.29, 1.82) is 0 Å². The van der Waals surface area contributed by atoms with E-state index in [0.717, 1.165) is 5.56 Å². The molecule has 0 bridgehead atoms. The number of nitrogens with zero attached hydrogens (tertiary/aromatic N) is 1. The summed E-state index contributed by atoms with van der Waals surface area (Å²) in [6.07, 6.45) is 1.29. The van der Waals surface area contributed by atoms with Crippen LogP contribution in [-0.4, -0.2) is 32.7 Å². The van der Waals surface area contributed by atoms with E-state index >= 15 is 0 Å². The highest BCUT2D eigenvalue weighted by molar-refractivity contribution is 7.92. The van der Waals surface area contributed by atoms with Gasteiger partial charge < -0.3 is 5.32 Å². The van der Waals surface area contributed by atoms with Gasteiger partial charge in [0.05, 0.1) is 11.9 Å². The molecule has 1 aromatic carbocycles. The summed E-state index contributed by atoms with van der Waals surface area (Å²) >= 11 is 0. The van der Waals surface area contributed by atoms with E-state index in [1.54, 1.807) is 6.07 Å². The molecule has 130 valence electrons. The number of nitrogens with one attached hydrogen (secondary N) is 1. The predicted octanol–water partition coefficient (Wildman–Crippen LogP) is 2.88. The zero-order valence-corrected chi connectivity index (χ0v) is 15.7. The third-order valence-electron chi connectivity index (χ3n) is 3.28. The summed E-state index contributed by atoms with van der Waals surface area (Å²) in [7, 11) is -3.46. The van der Waals surface area contributed by atoms with Crippen molar-refractivity contribution in [2.45, 2.75) is 52.5 Å². The Morgan fingerprint density at radius 2 is 1.78 bits per heavy atom. The number of sulfonamides is 1. The third-order valence-corrected chi connectivity index (χ3v) is 4.46. The highest BCUT2D eigenvalue weighted by Gasteiger charge is 2.23. The molecular weight excluding hydrogens is 312 g/mol. The minimum Gasteiger partial charge on any atom is -0.351 e. The van der Waals surface area contributed by atoms with Gasteiger partial charge in [-0.05, 0) is 38.3 Å². The standard InChI is InChI=1S/C17H28N2O3S/c1-13(2)14-9-7-8-10-15(14)19(23(6,21)22)12-11-16(20)18-17(3,4)5/h7-10,13H,11-12H2,1-6H3,(H,18,20). The number of rotatable bonds is 6. The van der Waals surface area contributed by atoms with Gasteiger partial charge >= 0.3 is 0 Å². The van der Waals surface area contributed by atoms with Gasteiger partial charge in [0.1, 0.15) is 0 Å². The number of benzene rings is 1. The highest BCUT2D eigenvalue weighted by atomic mass is 32.2. The quantitative estimate of drug-likeness (QED) is 0.866. The van der Waals surface area contributed by atoms with E-state index in [0.29, 0.717) is 5.69 Å². The van der Waals surface area contributed by atoms with E-state index in [2.05, 4.69) is 5.32 Å². The van der Waals surface area contributed by atoms with E-state index in [9.17, 15) is 13.2 Å². The molecule has 0 aliphatic carbocycles. The molecule has 1 N–H and O–H groups in total. The largest absolute Gasteiger partial charge is 0.351 e. The molecule has 0 fully saturated rings. The van der Waals surface area contributed by atoms with Crippen molar-refractivity contribution in [3.8, 4) is 0 Å². The topological polar surface area (TPSA) is 66.5 Å². The minimum absolute atomic E-state index is 0.122. The van der Waals surface area contributed by atoms with Crippen LogP contribution in [0.2, 0.25) is 0 Å². The molecule has 1 rings (SSSR count). The van der Waals surface area contributed by atoms with Crippen molar-refractivity contribution >= 4 is 21.6 Å². The maximum absolute atomic E-state index is 12.2. The molecule has 0 atom stereocenters. The van der Waals surface area contributed by atoms with Crippen LogP contribution in [0.4, 0.5) is 5.69 Å². The smallest absolute Gasteiger partial charge is 0.232 e. The Bertz CT molecular complexity index is 646. The summed E-state index contributed by atoms with van der Waals surface area (Å²) in [5, 5.41) is 2.85. The third kappa shape index (κ3) is 6.22. The average Bonchev–Trinajstić information content (AvgIpc) is 2.35. The summed E-state index contributed by atoms with van der Waals surface area (Å²) in [4.78, 5) is 12.0. The van der Waals surface area contributed by atoms with Crippen LogP contribution in [-0.2, 0) is 14.8 Å². The van der Waals surface area contributed by atoms with E-state index in [1.165, 1.54) is 10.6 Å². The first-order valence-electron chi connectivity index (χ1n) is 7.79. The van der Waals surface area contributed by atoms with Crippen LogP contribution < -0.4 is 9.62 Å². The Kier molecular flexibility index (Phi) is 6.22. The van der Waals surface area contributed by atoms with Crippen LogP contribution in [0.3, 0.4) is 0 Å². The van der Waals surface area contributed by atoms with Crippen LogP contribution in [0.25, 0.3) is 0 Å². The first kappa shape index (κ1) is 19.5. The lowest BCUT2D eigenvalue weighted by atomic mass is 10.0. The van der Waals surface area contributed by atoms with Crippen LogP contribution >= 0.6 is 0 Å². The molecule has 0 heterocycles. The van der Waals surface area contributed by atoms with Gasteiger partial charge in [0.2, 0.25) is 15.9 Å². The monoisotopic (exact) mass is 340 g/mol. The van der Waals surface area contributed by atoms with E-state index in [-0.39, 0.29) is 30.3 Å². The molecule has 0 aromatic heterocycles. The lowest BCUT2D eigenvalue weighted by Crippen LogP contribution is -2.42. The van der Waals surface area contributed by atoms with Gasteiger partial charge in [-0.25, -0.2) is 8.42 Å². The molecule has 6 heteroatoms. The van der Waals surface area contributed by atoms with Crippen molar-refractivity contribution in [1.82, 2.24) is 5.32 Å². The van der Waals surface area contributed by atoms with Gasteiger partial charge in [-0.1, -0.05) is 32.0 Å². The fourth-order valence-corrected chi connectivity index (χ4v) is 3.30. The number of hydrogen-bond donors (Lipinski definition) is 1. The summed E-state index contributed by atoms with van der Waals surface area (Å²) < 4.78 is 25.7. The summed E-state index contributed by atoms with van der Waals surface area (Å²) in [6.45, 7) is 9.86. The maximum Gasteiger partial charge on any atom is 0.232 e. The molecule has 5 nitrogen and oxygen atoms in total. The number of carbonyl (C=O) groups is 1. The zero-order chi connectivity index (χ0) is 17.8. The van der Waals surface area contributed by atoms with Crippen molar-refractivity contribution in [3.05, 3.63) is 29.8 Å². The van der Waals surface area contributed by atoms with Crippen LogP contribution in [0.5, 0.6) is 0 Å².